The van der Waals surface area contributed by atoms with Crippen LogP contribution in [0.5, 0.6) is 11.6 Å². The fourth-order valence-electron chi connectivity index (χ4n) is 4.11. The number of methoxy groups -OCH3 is 1. The molecule has 0 radical (unpaired) electrons. The highest BCUT2D eigenvalue weighted by molar-refractivity contribution is 5.79. The largest absolute Gasteiger partial charge is 0.497 e. The van der Waals surface area contributed by atoms with Crippen molar-refractivity contribution in [1.29, 1.82) is 0 Å². The van der Waals surface area contributed by atoms with Crippen molar-refractivity contribution in [2.75, 3.05) is 38.2 Å². The minimum atomic E-state index is 0.155. The first-order valence-corrected chi connectivity index (χ1v) is 10.9. The summed E-state index contributed by atoms with van der Waals surface area (Å²) in [5.41, 5.74) is 1.00. The molecule has 2 heterocycles. The van der Waals surface area contributed by atoms with Crippen molar-refractivity contribution in [2.45, 2.75) is 44.6 Å². The molecule has 30 heavy (non-hydrogen) atoms. The number of carbonyl (C=O) groups excluding carboxylic acids is 1. The number of nitrogens with zero attached hydrogens (tertiary/aromatic N) is 4. The van der Waals surface area contributed by atoms with Gasteiger partial charge < -0.3 is 19.3 Å². The Morgan fingerprint density at radius 2 is 1.70 bits per heavy atom. The lowest BCUT2D eigenvalue weighted by atomic mass is 9.98. The molecule has 4 rings (SSSR count). The molecular formula is C23H30N4O3. The summed E-state index contributed by atoms with van der Waals surface area (Å²) in [6.07, 6.45) is 6.68. The topological polar surface area (TPSA) is 67.8 Å². The number of benzene rings is 1. The molecule has 0 N–H and O–H groups in total. The minimum Gasteiger partial charge on any atom is -0.497 e. The van der Waals surface area contributed by atoms with Crippen LogP contribution in [0.2, 0.25) is 0 Å². The summed E-state index contributed by atoms with van der Waals surface area (Å²) in [5.74, 6) is 2.41. The molecule has 1 amide bonds. The number of hydrogen-bond acceptors (Lipinski definition) is 6. The second-order valence-electron chi connectivity index (χ2n) is 8.00. The van der Waals surface area contributed by atoms with Gasteiger partial charge >= 0.3 is 0 Å². The molecule has 2 fully saturated rings. The molecule has 0 bridgehead atoms. The van der Waals surface area contributed by atoms with E-state index in [0.717, 1.165) is 43.1 Å². The van der Waals surface area contributed by atoms with Crippen molar-refractivity contribution in [3.05, 3.63) is 42.0 Å². The second kappa shape index (κ2) is 9.78. The van der Waals surface area contributed by atoms with Gasteiger partial charge in [-0.1, -0.05) is 18.6 Å². The van der Waals surface area contributed by atoms with Crippen LogP contribution in [-0.4, -0.2) is 60.4 Å². The molecule has 0 atom stereocenters. The van der Waals surface area contributed by atoms with Crippen molar-refractivity contribution in [3.8, 4) is 11.6 Å². The molecule has 7 nitrogen and oxygen atoms in total. The molecule has 1 aromatic carbocycles. The molecule has 1 aliphatic carbocycles. The Hall–Kier alpha value is -2.83. The third-order valence-electron chi connectivity index (χ3n) is 5.94. The Balaban J connectivity index is 1.25. The first-order chi connectivity index (χ1) is 14.7. The van der Waals surface area contributed by atoms with Crippen LogP contribution in [-0.2, 0) is 11.2 Å². The Morgan fingerprint density at radius 1 is 0.967 bits per heavy atom. The zero-order valence-corrected chi connectivity index (χ0v) is 17.6. The van der Waals surface area contributed by atoms with Gasteiger partial charge in [0.2, 0.25) is 11.8 Å². The SMILES string of the molecule is COc1ccc(CC(=O)N2CCN(c3ccc(OC4CCCCC4)nn3)CC2)cc1. The minimum absolute atomic E-state index is 0.155. The van der Waals surface area contributed by atoms with E-state index in [4.69, 9.17) is 9.47 Å². The van der Waals surface area contributed by atoms with Gasteiger partial charge in [-0.25, -0.2) is 0 Å². The number of piperazine rings is 1. The molecule has 7 heteroatoms. The number of aromatic nitrogens is 2. The summed E-state index contributed by atoms with van der Waals surface area (Å²) in [4.78, 5) is 16.7. The Labute approximate surface area is 178 Å². The normalized spacial score (nSPS) is 17.6. The zero-order chi connectivity index (χ0) is 20.8. The van der Waals surface area contributed by atoms with Crippen LogP contribution in [0.4, 0.5) is 5.82 Å². The van der Waals surface area contributed by atoms with Crippen LogP contribution in [0.15, 0.2) is 36.4 Å². The van der Waals surface area contributed by atoms with Gasteiger partial charge in [-0.15, -0.1) is 10.2 Å². The number of ether oxygens (including phenoxy) is 2. The number of hydrogen-bond donors (Lipinski definition) is 0. The van der Waals surface area contributed by atoms with Crippen molar-refractivity contribution in [2.24, 2.45) is 0 Å². The van der Waals surface area contributed by atoms with Gasteiger partial charge in [0.15, 0.2) is 5.82 Å². The summed E-state index contributed by atoms with van der Waals surface area (Å²) in [6.45, 7) is 2.89. The van der Waals surface area contributed by atoms with Crippen LogP contribution in [0.25, 0.3) is 0 Å². The standard InChI is InChI=1S/C23H30N4O3/c1-29-19-9-7-18(8-10-19)17-23(28)27-15-13-26(14-16-27)21-11-12-22(25-24-21)30-20-5-3-2-4-6-20/h7-12,20H,2-6,13-17H2,1H3. The van der Waals surface area contributed by atoms with Gasteiger partial charge in [0.25, 0.3) is 0 Å². The van der Waals surface area contributed by atoms with Crippen molar-refractivity contribution in [3.63, 3.8) is 0 Å². The summed E-state index contributed by atoms with van der Waals surface area (Å²) < 4.78 is 11.1. The lowest BCUT2D eigenvalue weighted by Crippen LogP contribution is -2.49. The fourth-order valence-corrected chi connectivity index (χ4v) is 4.11. The van der Waals surface area contributed by atoms with Gasteiger partial charge in [-0.2, -0.15) is 0 Å². The maximum Gasteiger partial charge on any atom is 0.233 e. The highest BCUT2D eigenvalue weighted by Gasteiger charge is 2.22. The van der Waals surface area contributed by atoms with Gasteiger partial charge in [0.1, 0.15) is 11.9 Å². The molecule has 0 unspecified atom stereocenters. The maximum atomic E-state index is 12.6. The van der Waals surface area contributed by atoms with E-state index < -0.39 is 0 Å². The molecular weight excluding hydrogens is 380 g/mol. The molecule has 160 valence electrons. The van der Waals surface area contributed by atoms with Crippen molar-refractivity contribution < 1.29 is 14.3 Å². The number of amides is 1. The molecule has 1 saturated heterocycles. The molecule has 1 saturated carbocycles. The van der Waals surface area contributed by atoms with Gasteiger partial charge in [-0.3, -0.25) is 4.79 Å². The van der Waals surface area contributed by atoms with Crippen LogP contribution in [0.3, 0.4) is 0 Å². The maximum absolute atomic E-state index is 12.6. The first-order valence-electron chi connectivity index (χ1n) is 10.9. The summed E-state index contributed by atoms with van der Waals surface area (Å²) in [5, 5.41) is 8.62. The number of anilines is 1. The molecule has 2 aliphatic rings. The molecule has 0 spiro atoms. The second-order valence-corrected chi connectivity index (χ2v) is 8.00. The average Bonchev–Trinajstić information content (AvgIpc) is 2.81. The summed E-state index contributed by atoms with van der Waals surface area (Å²) in [6, 6.07) is 11.6. The molecule has 1 aliphatic heterocycles. The van der Waals surface area contributed by atoms with Gasteiger partial charge in [-0.05, 0) is 49.4 Å². The quantitative estimate of drug-likeness (QED) is 0.729. The van der Waals surface area contributed by atoms with Crippen LogP contribution in [0.1, 0.15) is 37.7 Å². The number of carbonyl (C=O) groups is 1. The van der Waals surface area contributed by atoms with E-state index in [9.17, 15) is 4.79 Å². The molecule has 1 aromatic heterocycles. The zero-order valence-electron chi connectivity index (χ0n) is 17.6. The fraction of sp³-hybridized carbons (Fsp3) is 0.522. The van der Waals surface area contributed by atoms with Crippen LogP contribution < -0.4 is 14.4 Å². The van der Waals surface area contributed by atoms with Crippen LogP contribution in [0, 0.1) is 0 Å². The van der Waals surface area contributed by atoms with Gasteiger partial charge in [0.05, 0.1) is 13.5 Å². The van der Waals surface area contributed by atoms with E-state index in [1.807, 2.05) is 41.3 Å². The lowest BCUT2D eigenvalue weighted by molar-refractivity contribution is -0.130. The highest BCUT2D eigenvalue weighted by atomic mass is 16.5. The van der Waals surface area contributed by atoms with Crippen molar-refractivity contribution >= 4 is 11.7 Å². The Morgan fingerprint density at radius 3 is 2.33 bits per heavy atom. The Kier molecular flexibility index (Phi) is 6.67. The third kappa shape index (κ3) is 5.20. The van der Waals surface area contributed by atoms with Gasteiger partial charge in [0, 0.05) is 32.2 Å². The lowest BCUT2D eigenvalue weighted by Gasteiger charge is -2.35. The van der Waals surface area contributed by atoms with E-state index in [1.165, 1.54) is 19.3 Å². The predicted octanol–water partition coefficient (Wildman–Crippen LogP) is 3.09. The van der Waals surface area contributed by atoms with E-state index in [2.05, 4.69) is 15.1 Å². The van der Waals surface area contributed by atoms with Crippen molar-refractivity contribution in [1.82, 2.24) is 15.1 Å². The number of rotatable bonds is 6. The van der Waals surface area contributed by atoms with E-state index in [0.29, 0.717) is 25.4 Å². The van der Waals surface area contributed by atoms with E-state index >= 15 is 0 Å². The van der Waals surface area contributed by atoms with Crippen LogP contribution >= 0.6 is 0 Å². The average molecular weight is 411 g/mol. The predicted molar refractivity (Wildman–Crippen MR) is 115 cm³/mol. The monoisotopic (exact) mass is 410 g/mol. The third-order valence-corrected chi connectivity index (χ3v) is 5.94. The smallest absolute Gasteiger partial charge is 0.233 e. The summed E-state index contributed by atoms with van der Waals surface area (Å²) >= 11 is 0. The molecule has 2 aromatic rings. The Bertz CT molecular complexity index is 811. The highest BCUT2D eigenvalue weighted by Crippen LogP contribution is 2.23. The van der Waals surface area contributed by atoms with E-state index in [1.54, 1.807) is 7.11 Å². The summed E-state index contributed by atoms with van der Waals surface area (Å²) in [7, 11) is 1.64. The first kappa shape index (κ1) is 20.4. The van der Waals surface area contributed by atoms with E-state index in [-0.39, 0.29) is 12.0 Å².